The number of benzene rings is 1. The van der Waals surface area contributed by atoms with Gasteiger partial charge >= 0.3 is 0 Å². The van der Waals surface area contributed by atoms with Crippen molar-refractivity contribution in [2.45, 2.75) is 19.8 Å². The topological polar surface area (TPSA) is 68.2 Å². The summed E-state index contributed by atoms with van der Waals surface area (Å²) in [6.07, 6.45) is 2.11. The average molecular weight is 264 g/mol. The molecule has 1 aromatic rings. The molecule has 2 rings (SSSR count). The second kappa shape index (κ2) is 5.69. The summed E-state index contributed by atoms with van der Waals surface area (Å²) in [5.74, 6) is -0.471. The van der Waals surface area contributed by atoms with E-state index in [1.165, 1.54) is 25.1 Å². The number of likely N-dealkylation sites (tertiary alicyclic amines) is 1. The van der Waals surface area contributed by atoms with E-state index >= 15 is 0 Å². The van der Waals surface area contributed by atoms with Gasteiger partial charge in [-0.3, -0.25) is 10.2 Å². The van der Waals surface area contributed by atoms with Crippen LogP contribution in [0.3, 0.4) is 0 Å². The molecule has 6 heteroatoms. The summed E-state index contributed by atoms with van der Waals surface area (Å²) < 4.78 is 13.7. The third kappa shape index (κ3) is 3.43. The monoisotopic (exact) mass is 264 g/mol. The van der Waals surface area contributed by atoms with Crippen molar-refractivity contribution in [1.29, 1.82) is 5.41 Å². The first kappa shape index (κ1) is 13.3. The van der Waals surface area contributed by atoms with E-state index in [2.05, 4.69) is 10.6 Å². The summed E-state index contributed by atoms with van der Waals surface area (Å²) in [6.45, 7) is 3.03. The molecule has 1 heterocycles. The van der Waals surface area contributed by atoms with Crippen LogP contribution in [0.5, 0.6) is 0 Å². The van der Waals surface area contributed by atoms with Crippen molar-refractivity contribution in [3.63, 3.8) is 0 Å². The molecule has 3 N–H and O–H groups in total. The fourth-order valence-corrected chi connectivity index (χ4v) is 2.05. The molecule has 0 bridgehead atoms. The second-order valence-corrected chi connectivity index (χ2v) is 4.54. The molecule has 1 aliphatic heterocycles. The van der Waals surface area contributed by atoms with Crippen LogP contribution < -0.4 is 10.6 Å². The van der Waals surface area contributed by atoms with Gasteiger partial charge in [0.15, 0.2) is 5.96 Å². The van der Waals surface area contributed by atoms with Gasteiger partial charge in [-0.2, -0.15) is 0 Å². The minimum atomic E-state index is -0.446. The maximum atomic E-state index is 13.7. The Labute approximate surface area is 111 Å². The minimum absolute atomic E-state index is 0.191. The Morgan fingerprint density at radius 1 is 1.32 bits per heavy atom. The fraction of sp³-hybridized carbons (Fsp3) is 0.385. The largest absolute Gasteiger partial charge is 0.343 e. The summed E-state index contributed by atoms with van der Waals surface area (Å²) in [5.41, 5.74) is 0.703. The first-order valence-corrected chi connectivity index (χ1v) is 6.24. The Morgan fingerprint density at radius 3 is 2.63 bits per heavy atom. The Hall–Kier alpha value is -2.11. The van der Waals surface area contributed by atoms with E-state index in [4.69, 9.17) is 5.41 Å². The summed E-state index contributed by atoms with van der Waals surface area (Å²) >= 11 is 0. The Bertz CT molecular complexity index is 497. The number of hydrogen-bond donors (Lipinski definition) is 3. The molecule has 1 aromatic carbocycles. The number of anilines is 2. The molecular weight excluding hydrogens is 247 g/mol. The SMILES string of the molecule is CC(=O)Nc1ccc(F)c(NC(=N)N2CCCC2)c1. The zero-order valence-corrected chi connectivity index (χ0v) is 10.8. The molecule has 1 saturated heterocycles. The lowest BCUT2D eigenvalue weighted by Crippen LogP contribution is -2.33. The minimum Gasteiger partial charge on any atom is -0.343 e. The number of halogens is 1. The number of hydrogen-bond acceptors (Lipinski definition) is 2. The van der Waals surface area contributed by atoms with E-state index < -0.39 is 5.82 Å². The van der Waals surface area contributed by atoms with E-state index in [0.29, 0.717) is 5.69 Å². The highest BCUT2D eigenvalue weighted by Crippen LogP contribution is 2.20. The predicted octanol–water partition coefficient (Wildman–Crippen LogP) is 2.23. The zero-order chi connectivity index (χ0) is 13.8. The standard InChI is InChI=1S/C13H17FN4O/c1-9(19)16-10-4-5-11(14)12(8-10)17-13(15)18-6-2-3-7-18/h4-5,8H,2-3,6-7H2,1H3,(H2,15,17)(H,16,19). The normalized spacial score (nSPS) is 14.3. The van der Waals surface area contributed by atoms with Crippen molar-refractivity contribution < 1.29 is 9.18 Å². The molecule has 0 atom stereocenters. The fourth-order valence-electron chi connectivity index (χ4n) is 2.05. The molecule has 1 fully saturated rings. The maximum Gasteiger partial charge on any atom is 0.221 e. The lowest BCUT2D eigenvalue weighted by molar-refractivity contribution is -0.114. The summed E-state index contributed by atoms with van der Waals surface area (Å²) in [7, 11) is 0. The second-order valence-electron chi connectivity index (χ2n) is 4.54. The van der Waals surface area contributed by atoms with Crippen LogP contribution >= 0.6 is 0 Å². The van der Waals surface area contributed by atoms with Gasteiger partial charge < -0.3 is 15.5 Å². The number of carbonyl (C=O) groups is 1. The van der Waals surface area contributed by atoms with Crippen LogP contribution in [-0.2, 0) is 4.79 Å². The van der Waals surface area contributed by atoms with Crippen LogP contribution in [0, 0.1) is 11.2 Å². The van der Waals surface area contributed by atoms with Gasteiger partial charge in [-0.1, -0.05) is 0 Å². The number of carbonyl (C=O) groups excluding carboxylic acids is 1. The summed E-state index contributed by atoms with van der Waals surface area (Å²) in [6, 6.07) is 4.24. The Morgan fingerprint density at radius 2 is 2.00 bits per heavy atom. The van der Waals surface area contributed by atoms with E-state index in [-0.39, 0.29) is 17.6 Å². The number of nitrogens with zero attached hydrogens (tertiary/aromatic N) is 1. The molecule has 0 radical (unpaired) electrons. The van der Waals surface area contributed by atoms with Crippen LogP contribution in [0.15, 0.2) is 18.2 Å². The highest BCUT2D eigenvalue weighted by molar-refractivity contribution is 5.93. The average Bonchev–Trinajstić information content (AvgIpc) is 2.86. The first-order valence-electron chi connectivity index (χ1n) is 6.24. The molecule has 0 spiro atoms. The van der Waals surface area contributed by atoms with Gasteiger partial charge in [-0.15, -0.1) is 0 Å². The van der Waals surface area contributed by atoms with Gasteiger partial charge in [-0.25, -0.2) is 4.39 Å². The van der Waals surface area contributed by atoms with E-state index in [1.54, 1.807) is 0 Å². The molecule has 19 heavy (non-hydrogen) atoms. The Kier molecular flexibility index (Phi) is 3.99. The van der Waals surface area contributed by atoms with Gasteiger partial charge in [-0.05, 0) is 31.0 Å². The molecule has 5 nitrogen and oxygen atoms in total. The van der Waals surface area contributed by atoms with Crippen molar-refractivity contribution in [3.8, 4) is 0 Å². The van der Waals surface area contributed by atoms with Gasteiger partial charge in [0, 0.05) is 25.7 Å². The van der Waals surface area contributed by atoms with E-state index in [9.17, 15) is 9.18 Å². The van der Waals surface area contributed by atoms with Crippen molar-refractivity contribution in [3.05, 3.63) is 24.0 Å². The lowest BCUT2D eigenvalue weighted by Gasteiger charge is -2.20. The molecule has 0 unspecified atom stereocenters. The van der Waals surface area contributed by atoms with Crippen LogP contribution in [0.4, 0.5) is 15.8 Å². The van der Waals surface area contributed by atoms with Crippen LogP contribution in [-0.4, -0.2) is 29.9 Å². The molecule has 0 aliphatic carbocycles. The lowest BCUT2D eigenvalue weighted by atomic mass is 10.2. The van der Waals surface area contributed by atoms with Gasteiger partial charge in [0.2, 0.25) is 5.91 Å². The van der Waals surface area contributed by atoms with Gasteiger partial charge in [0.05, 0.1) is 5.69 Å². The van der Waals surface area contributed by atoms with Crippen molar-refractivity contribution in [1.82, 2.24) is 4.90 Å². The van der Waals surface area contributed by atoms with Gasteiger partial charge in [0.1, 0.15) is 5.82 Å². The smallest absolute Gasteiger partial charge is 0.221 e. The summed E-state index contributed by atoms with van der Waals surface area (Å²) in [5, 5.41) is 13.2. The van der Waals surface area contributed by atoms with Crippen LogP contribution in [0.2, 0.25) is 0 Å². The van der Waals surface area contributed by atoms with E-state index in [0.717, 1.165) is 25.9 Å². The third-order valence-electron chi connectivity index (χ3n) is 2.96. The zero-order valence-electron chi connectivity index (χ0n) is 10.8. The molecule has 0 saturated carbocycles. The van der Waals surface area contributed by atoms with Crippen molar-refractivity contribution in [2.75, 3.05) is 23.7 Å². The molecule has 1 aliphatic rings. The van der Waals surface area contributed by atoms with Crippen LogP contribution in [0.25, 0.3) is 0 Å². The molecule has 102 valence electrons. The number of amides is 1. The summed E-state index contributed by atoms with van der Waals surface area (Å²) in [4.78, 5) is 12.8. The quantitative estimate of drug-likeness (QED) is 0.566. The number of nitrogens with one attached hydrogen (secondary N) is 3. The maximum absolute atomic E-state index is 13.7. The highest BCUT2D eigenvalue weighted by atomic mass is 19.1. The van der Waals surface area contributed by atoms with Gasteiger partial charge in [0.25, 0.3) is 0 Å². The van der Waals surface area contributed by atoms with Crippen molar-refractivity contribution >= 4 is 23.2 Å². The molecule has 1 amide bonds. The number of rotatable bonds is 2. The molecular formula is C13H17FN4O. The predicted molar refractivity (Wildman–Crippen MR) is 72.9 cm³/mol. The van der Waals surface area contributed by atoms with Crippen molar-refractivity contribution in [2.24, 2.45) is 0 Å². The van der Waals surface area contributed by atoms with E-state index in [1.807, 2.05) is 4.90 Å². The molecule has 0 aromatic heterocycles. The Balaban J connectivity index is 2.09. The number of guanidine groups is 1. The first-order chi connectivity index (χ1) is 9.06. The highest BCUT2D eigenvalue weighted by Gasteiger charge is 2.16. The third-order valence-corrected chi connectivity index (χ3v) is 2.96. The van der Waals surface area contributed by atoms with Crippen LogP contribution in [0.1, 0.15) is 19.8 Å².